The molecule has 162 valence electrons. The fourth-order valence-electron chi connectivity index (χ4n) is 4.07. The zero-order chi connectivity index (χ0) is 22.1. The molecular weight excluding hydrogens is 414 g/mol. The number of anilines is 1. The third kappa shape index (κ3) is 3.91. The summed E-state index contributed by atoms with van der Waals surface area (Å²) in [6.45, 7) is 10.6. The summed E-state index contributed by atoms with van der Waals surface area (Å²) in [5, 5.41) is 13.7. The van der Waals surface area contributed by atoms with Crippen LogP contribution < -0.4 is 10.1 Å². The second kappa shape index (κ2) is 8.69. The Hall–Kier alpha value is -2.89. The van der Waals surface area contributed by atoms with Crippen LogP contribution >= 0.6 is 11.6 Å². The highest BCUT2D eigenvalue weighted by atomic mass is 35.5. The predicted octanol–water partition coefficient (Wildman–Crippen LogP) is 4.26. The lowest BCUT2D eigenvalue weighted by atomic mass is 9.84. The van der Waals surface area contributed by atoms with E-state index in [4.69, 9.17) is 16.3 Å². The summed E-state index contributed by atoms with van der Waals surface area (Å²) in [5.41, 5.74) is 3.64. The molecule has 3 aromatic rings. The molecule has 4 rings (SSSR count). The van der Waals surface area contributed by atoms with Crippen molar-refractivity contribution in [2.45, 2.75) is 45.7 Å². The number of hydrogen-bond donors (Lipinski definition) is 2. The number of rotatable bonds is 7. The topological polar surface area (TPSA) is 103 Å². The Kier molecular flexibility index (Phi) is 5.99. The number of imidazole rings is 1. The van der Waals surface area contributed by atoms with Crippen molar-refractivity contribution >= 4 is 28.6 Å². The molecule has 1 unspecified atom stereocenters. The minimum absolute atomic E-state index is 0.179. The summed E-state index contributed by atoms with van der Waals surface area (Å²) in [4.78, 5) is 18.2. The first kappa shape index (κ1) is 21.3. The number of likely N-dealkylation sites (tertiary alicyclic amines) is 1. The smallest absolute Gasteiger partial charge is 0.162 e. The van der Waals surface area contributed by atoms with E-state index in [0.29, 0.717) is 40.2 Å². The van der Waals surface area contributed by atoms with Crippen molar-refractivity contribution in [3.63, 3.8) is 0 Å². The van der Waals surface area contributed by atoms with Crippen molar-refractivity contribution in [3.8, 4) is 11.8 Å². The van der Waals surface area contributed by atoms with E-state index in [0.717, 1.165) is 30.0 Å². The number of H-pyrrole nitrogens is 1. The van der Waals surface area contributed by atoms with Crippen molar-refractivity contribution < 1.29 is 4.74 Å². The zero-order valence-corrected chi connectivity index (χ0v) is 18.9. The van der Waals surface area contributed by atoms with Gasteiger partial charge in [-0.05, 0) is 33.8 Å². The molecule has 1 aliphatic rings. The average Bonchev–Trinajstić information content (AvgIpc) is 3.18. The lowest BCUT2D eigenvalue weighted by molar-refractivity contribution is 0.108. The van der Waals surface area contributed by atoms with Gasteiger partial charge in [0.05, 0.1) is 29.6 Å². The Morgan fingerprint density at radius 3 is 2.77 bits per heavy atom. The molecule has 1 saturated heterocycles. The van der Waals surface area contributed by atoms with Crippen LogP contribution in [0.25, 0.3) is 11.2 Å². The van der Waals surface area contributed by atoms with Gasteiger partial charge in [-0.25, -0.2) is 15.0 Å². The molecule has 1 aliphatic heterocycles. The molecule has 3 heterocycles. The second-order valence-corrected chi connectivity index (χ2v) is 8.45. The van der Waals surface area contributed by atoms with Crippen LogP contribution in [0.5, 0.6) is 5.75 Å². The van der Waals surface area contributed by atoms with E-state index in [1.807, 2.05) is 19.9 Å². The van der Waals surface area contributed by atoms with Crippen molar-refractivity contribution in [3.05, 3.63) is 40.4 Å². The first-order chi connectivity index (χ1) is 14.9. The lowest BCUT2D eigenvalue weighted by Gasteiger charge is -2.43. The van der Waals surface area contributed by atoms with E-state index in [-0.39, 0.29) is 12.0 Å². The number of ether oxygens (including phenoxy) is 1. The SMILES string of the molecule is CCOc1c(C(C)Nc2ncnc3[nH]cnc23)cc(Cl)c(C#N)c1C1CN(C(C)C)C1. The van der Waals surface area contributed by atoms with Crippen LogP contribution in [0.1, 0.15) is 56.3 Å². The number of nitrogens with zero attached hydrogens (tertiary/aromatic N) is 5. The van der Waals surface area contributed by atoms with Gasteiger partial charge in [-0.3, -0.25) is 4.90 Å². The highest BCUT2D eigenvalue weighted by Gasteiger charge is 2.36. The number of benzene rings is 1. The summed E-state index contributed by atoms with van der Waals surface area (Å²) >= 11 is 6.59. The number of fused-ring (bicyclic) bond motifs is 1. The third-order valence-corrected chi connectivity index (χ3v) is 6.08. The quantitative estimate of drug-likeness (QED) is 0.566. The van der Waals surface area contributed by atoms with Crippen LogP contribution in [0.2, 0.25) is 5.02 Å². The highest BCUT2D eigenvalue weighted by Crippen LogP contribution is 2.44. The van der Waals surface area contributed by atoms with Crippen molar-refractivity contribution in [2.24, 2.45) is 0 Å². The van der Waals surface area contributed by atoms with E-state index in [9.17, 15) is 5.26 Å². The largest absolute Gasteiger partial charge is 0.493 e. The predicted molar refractivity (Wildman–Crippen MR) is 121 cm³/mol. The molecule has 8 nitrogen and oxygen atoms in total. The fourth-order valence-corrected chi connectivity index (χ4v) is 4.33. The molecule has 0 aliphatic carbocycles. The van der Waals surface area contributed by atoms with E-state index in [2.05, 4.69) is 50.1 Å². The van der Waals surface area contributed by atoms with Crippen LogP contribution in [0.4, 0.5) is 5.82 Å². The molecule has 0 saturated carbocycles. The van der Waals surface area contributed by atoms with Gasteiger partial charge in [0, 0.05) is 36.2 Å². The molecule has 9 heteroatoms. The maximum absolute atomic E-state index is 9.85. The molecule has 2 aromatic heterocycles. The Balaban J connectivity index is 1.75. The molecule has 1 fully saturated rings. The monoisotopic (exact) mass is 439 g/mol. The van der Waals surface area contributed by atoms with Crippen molar-refractivity contribution in [2.75, 3.05) is 25.0 Å². The van der Waals surface area contributed by atoms with Crippen molar-refractivity contribution in [1.82, 2.24) is 24.8 Å². The molecule has 1 atom stereocenters. The molecule has 0 bridgehead atoms. The maximum Gasteiger partial charge on any atom is 0.162 e. The minimum Gasteiger partial charge on any atom is -0.493 e. The molecule has 0 spiro atoms. The van der Waals surface area contributed by atoms with Gasteiger partial charge in [0.1, 0.15) is 23.7 Å². The molecule has 0 amide bonds. The van der Waals surface area contributed by atoms with Gasteiger partial charge in [-0.15, -0.1) is 0 Å². The molecule has 1 aromatic carbocycles. The molecular formula is C22H26ClN7O. The number of aromatic amines is 1. The zero-order valence-electron chi connectivity index (χ0n) is 18.1. The van der Waals surface area contributed by atoms with Crippen LogP contribution in [-0.4, -0.2) is 50.6 Å². The normalized spacial score (nSPS) is 15.6. The minimum atomic E-state index is -0.179. The van der Waals surface area contributed by atoms with E-state index in [1.54, 1.807) is 6.33 Å². The Morgan fingerprint density at radius 2 is 2.10 bits per heavy atom. The molecule has 0 radical (unpaired) electrons. The summed E-state index contributed by atoms with van der Waals surface area (Å²) in [5.74, 6) is 1.57. The Labute approximate surface area is 186 Å². The van der Waals surface area contributed by atoms with E-state index < -0.39 is 0 Å². The van der Waals surface area contributed by atoms with Gasteiger partial charge in [-0.1, -0.05) is 11.6 Å². The fraction of sp³-hybridized carbons (Fsp3) is 0.455. The van der Waals surface area contributed by atoms with Crippen LogP contribution in [0, 0.1) is 11.3 Å². The number of hydrogen-bond acceptors (Lipinski definition) is 7. The maximum atomic E-state index is 9.85. The van der Waals surface area contributed by atoms with Gasteiger partial charge in [0.2, 0.25) is 0 Å². The standard InChI is InChI=1S/C22H26ClN7O/c1-5-31-20-15(13(4)29-22-19-21(26-10-25-19)27-11-28-22)6-17(23)16(7-24)18(20)14-8-30(9-14)12(2)3/h6,10-14H,5,8-9H2,1-4H3,(H2,25,26,27,28,29). The molecule has 2 N–H and O–H groups in total. The second-order valence-electron chi connectivity index (χ2n) is 8.04. The van der Waals surface area contributed by atoms with Crippen LogP contribution in [-0.2, 0) is 0 Å². The summed E-state index contributed by atoms with van der Waals surface area (Å²) < 4.78 is 6.13. The first-order valence-corrected chi connectivity index (χ1v) is 10.9. The first-order valence-electron chi connectivity index (χ1n) is 10.5. The average molecular weight is 440 g/mol. The van der Waals surface area contributed by atoms with Gasteiger partial charge in [0.15, 0.2) is 11.5 Å². The number of halogens is 1. The van der Waals surface area contributed by atoms with Crippen LogP contribution in [0.15, 0.2) is 18.7 Å². The summed E-state index contributed by atoms with van der Waals surface area (Å²) in [7, 11) is 0. The number of nitrogens with one attached hydrogen (secondary N) is 2. The van der Waals surface area contributed by atoms with Gasteiger partial charge in [0.25, 0.3) is 0 Å². The van der Waals surface area contributed by atoms with Gasteiger partial charge >= 0.3 is 0 Å². The number of aromatic nitrogens is 4. The Morgan fingerprint density at radius 1 is 1.32 bits per heavy atom. The van der Waals surface area contributed by atoms with Gasteiger partial charge in [-0.2, -0.15) is 5.26 Å². The van der Waals surface area contributed by atoms with Crippen LogP contribution in [0.3, 0.4) is 0 Å². The Bertz CT molecular complexity index is 1130. The summed E-state index contributed by atoms with van der Waals surface area (Å²) in [6.07, 6.45) is 3.08. The van der Waals surface area contributed by atoms with E-state index in [1.165, 1.54) is 6.33 Å². The van der Waals surface area contributed by atoms with E-state index >= 15 is 0 Å². The molecule has 31 heavy (non-hydrogen) atoms. The van der Waals surface area contributed by atoms with Crippen molar-refractivity contribution in [1.29, 1.82) is 5.26 Å². The highest BCUT2D eigenvalue weighted by molar-refractivity contribution is 6.32. The van der Waals surface area contributed by atoms with Gasteiger partial charge < -0.3 is 15.0 Å². The lowest BCUT2D eigenvalue weighted by Crippen LogP contribution is -2.49. The third-order valence-electron chi connectivity index (χ3n) is 5.78. The summed E-state index contributed by atoms with van der Waals surface area (Å²) in [6, 6.07) is 4.42. The number of nitriles is 1.